The van der Waals surface area contributed by atoms with Gasteiger partial charge in [0.15, 0.2) is 6.07 Å². The first-order valence-corrected chi connectivity index (χ1v) is 5.37. The molecule has 0 saturated carbocycles. The predicted octanol–water partition coefficient (Wildman–Crippen LogP) is 2.30. The summed E-state index contributed by atoms with van der Waals surface area (Å²) in [5, 5.41) is 8.59. The molecule has 4 nitrogen and oxygen atoms in total. The number of amides is 1. The standard InChI is InChI=1S/C13H16N2O2/c1-9(2)10-5-6-11(12(7-10)17-4)15(3)13(16)8-14/h5-7,9H,1-4H3. The number of methoxy groups -OCH3 is 1. The lowest BCUT2D eigenvalue weighted by Crippen LogP contribution is -2.24. The van der Waals surface area contributed by atoms with Crippen LogP contribution in [0.15, 0.2) is 18.2 Å². The van der Waals surface area contributed by atoms with Crippen LogP contribution in [-0.2, 0) is 4.79 Å². The van der Waals surface area contributed by atoms with E-state index in [1.54, 1.807) is 26.3 Å². The predicted molar refractivity (Wildman–Crippen MR) is 66.1 cm³/mol. The van der Waals surface area contributed by atoms with Crippen molar-refractivity contribution in [2.24, 2.45) is 0 Å². The van der Waals surface area contributed by atoms with E-state index in [-0.39, 0.29) is 0 Å². The molecule has 1 amide bonds. The van der Waals surface area contributed by atoms with E-state index in [9.17, 15) is 4.79 Å². The highest BCUT2D eigenvalue weighted by Gasteiger charge is 2.15. The van der Waals surface area contributed by atoms with Gasteiger partial charge in [-0.3, -0.25) is 9.69 Å². The zero-order valence-electron chi connectivity index (χ0n) is 10.5. The van der Waals surface area contributed by atoms with Gasteiger partial charge in [-0.1, -0.05) is 19.9 Å². The Kier molecular flexibility index (Phi) is 4.11. The molecule has 0 aromatic heterocycles. The lowest BCUT2D eigenvalue weighted by Gasteiger charge is -2.18. The first-order chi connectivity index (χ1) is 8.01. The lowest BCUT2D eigenvalue weighted by molar-refractivity contribution is -0.113. The van der Waals surface area contributed by atoms with Gasteiger partial charge >= 0.3 is 5.91 Å². The summed E-state index contributed by atoms with van der Waals surface area (Å²) in [6.07, 6.45) is 0. The smallest absolute Gasteiger partial charge is 0.329 e. The van der Waals surface area contributed by atoms with Crippen LogP contribution in [0.3, 0.4) is 0 Å². The molecular weight excluding hydrogens is 216 g/mol. The maximum Gasteiger partial charge on any atom is 0.329 e. The van der Waals surface area contributed by atoms with Gasteiger partial charge in [0, 0.05) is 7.05 Å². The average molecular weight is 232 g/mol. The molecule has 1 aromatic rings. The number of hydrogen-bond donors (Lipinski definition) is 0. The third-order valence-corrected chi connectivity index (χ3v) is 2.63. The zero-order chi connectivity index (χ0) is 13.0. The topological polar surface area (TPSA) is 53.3 Å². The summed E-state index contributed by atoms with van der Waals surface area (Å²) in [6.45, 7) is 4.16. The largest absolute Gasteiger partial charge is 0.495 e. The summed E-state index contributed by atoms with van der Waals surface area (Å²) >= 11 is 0. The molecule has 0 radical (unpaired) electrons. The highest BCUT2D eigenvalue weighted by molar-refractivity contribution is 6.04. The summed E-state index contributed by atoms with van der Waals surface area (Å²) in [7, 11) is 3.10. The maximum atomic E-state index is 11.3. The van der Waals surface area contributed by atoms with Crippen LogP contribution in [0.25, 0.3) is 0 Å². The van der Waals surface area contributed by atoms with Crippen LogP contribution < -0.4 is 9.64 Å². The van der Waals surface area contributed by atoms with Crippen molar-refractivity contribution in [2.45, 2.75) is 19.8 Å². The molecule has 90 valence electrons. The van der Waals surface area contributed by atoms with Gasteiger partial charge in [0.1, 0.15) is 5.75 Å². The minimum absolute atomic E-state index is 0.384. The van der Waals surface area contributed by atoms with E-state index in [0.29, 0.717) is 17.4 Å². The van der Waals surface area contributed by atoms with Crippen molar-refractivity contribution < 1.29 is 9.53 Å². The van der Waals surface area contributed by atoms with Crippen molar-refractivity contribution in [3.05, 3.63) is 23.8 Å². The molecule has 17 heavy (non-hydrogen) atoms. The highest BCUT2D eigenvalue weighted by Crippen LogP contribution is 2.31. The van der Waals surface area contributed by atoms with E-state index in [4.69, 9.17) is 10.00 Å². The number of nitrogens with zero attached hydrogens (tertiary/aromatic N) is 2. The highest BCUT2D eigenvalue weighted by atomic mass is 16.5. The number of rotatable bonds is 3. The van der Waals surface area contributed by atoms with Crippen molar-refractivity contribution in [1.82, 2.24) is 0 Å². The van der Waals surface area contributed by atoms with Crippen molar-refractivity contribution in [1.29, 1.82) is 5.26 Å². The third kappa shape index (κ3) is 2.76. The number of benzene rings is 1. The van der Waals surface area contributed by atoms with E-state index in [1.165, 1.54) is 4.90 Å². The first kappa shape index (κ1) is 13.0. The zero-order valence-corrected chi connectivity index (χ0v) is 10.5. The summed E-state index contributed by atoms with van der Waals surface area (Å²) in [5.74, 6) is 0.373. The van der Waals surface area contributed by atoms with E-state index >= 15 is 0 Å². The van der Waals surface area contributed by atoms with E-state index in [2.05, 4.69) is 13.8 Å². The second kappa shape index (κ2) is 5.35. The fourth-order valence-corrected chi connectivity index (χ4v) is 1.51. The molecule has 0 aliphatic carbocycles. The van der Waals surface area contributed by atoms with E-state index in [1.807, 2.05) is 12.1 Å². The Morgan fingerprint density at radius 3 is 2.59 bits per heavy atom. The molecule has 0 N–H and O–H groups in total. The molecule has 0 aliphatic heterocycles. The summed E-state index contributed by atoms with van der Waals surface area (Å²) < 4.78 is 5.25. The summed E-state index contributed by atoms with van der Waals surface area (Å²) in [6, 6.07) is 7.20. The Labute approximate surface area is 101 Å². The molecule has 4 heteroatoms. The number of hydrogen-bond acceptors (Lipinski definition) is 3. The Balaban J connectivity index is 3.18. The van der Waals surface area contributed by atoms with Crippen LogP contribution >= 0.6 is 0 Å². The van der Waals surface area contributed by atoms with Gasteiger partial charge < -0.3 is 4.74 Å². The van der Waals surface area contributed by atoms with Gasteiger partial charge in [-0.05, 0) is 23.6 Å². The number of ether oxygens (including phenoxy) is 1. The molecule has 1 aromatic carbocycles. The Hall–Kier alpha value is -2.02. The molecule has 0 fully saturated rings. The molecule has 0 atom stereocenters. The van der Waals surface area contributed by atoms with Gasteiger partial charge in [0.25, 0.3) is 0 Å². The van der Waals surface area contributed by atoms with Crippen LogP contribution in [0, 0.1) is 11.3 Å². The van der Waals surface area contributed by atoms with Crippen LogP contribution in [0.2, 0.25) is 0 Å². The van der Waals surface area contributed by atoms with Crippen LogP contribution in [0.5, 0.6) is 5.75 Å². The number of nitriles is 1. The minimum atomic E-state index is -0.611. The average Bonchev–Trinajstić information content (AvgIpc) is 2.35. The number of carbonyl (C=O) groups excluding carboxylic acids is 1. The molecule has 0 bridgehead atoms. The Bertz CT molecular complexity index is 461. The monoisotopic (exact) mass is 232 g/mol. The van der Waals surface area contributed by atoms with Crippen LogP contribution in [-0.4, -0.2) is 20.1 Å². The summed E-state index contributed by atoms with van der Waals surface area (Å²) in [5.41, 5.74) is 1.73. The normalized spacial score (nSPS) is 9.88. The van der Waals surface area contributed by atoms with Gasteiger partial charge in [-0.15, -0.1) is 0 Å². The van der Waals surface area contributed by atoms with Gasteiger partial charge in [-0.25, -0.2) is 0 Å². The van der Waals surface area contributed by atoms with Crippen LogP contribution in [0.4, 0.5) is 5.69 Å². The lowest BCUT2D eigenvalue weighted by atomic mass is 10.0. The number of carbonyl (C=O) groups is 1. The molecule has 0 aliphatic rings. The SMILES string of the molecule is COc1cc(C(C)C)ccc1N(C)C(=O)C#N. The molecule has 0 saturated heterocycles. The van der Waals surface area contributed by atoms with Gasteiger partial charge in [-0.2, -0.15) is 5.26 Å². The Morgan fingerprint density at radius 1 is 1.47 bits per heavy atom. The second-order valence-corrected chi connectivity index (χ2v) is 4.06. The molecule has 0 heterocycles. The van der Waals surface area contributed by atoms with E-state index < -0.39 is 5.91 Å². The maximum absolute atomic E-state index is 11.3. The molecule has 0 spiro atoms. The van der Waals surface area contributed by atoms with Crippen LogP contribution in [0.1, 0.15) is 25.3 Å². The first-order valence-electron chi connectivity index (χ1n) is 5.37. The van der Waals surface area contributed by atoms with Crippen molar-refractivity contribution in [3.63, 3.8) is 0 Å². The van der Waals surface area contributed by atoms with Crippen molar-refractivity contribution in [2.75, 3.05) is 19.1 Å². The van der Waals surface area contributed by atoms with Gasteiger partial charge in [0.05, 0.1) is 12.8 Å². The fourth-order valence-electron chi connectivity index (χ4n) is 1.51. The quantitative estimate of drug-likeness (QED) is 0.751. The second-order valence-electron chi connectivity index (χ2n) is 4.06. The molecular formula is C13H16N2O2. The minimum Gasteiger partial charge on any atom is -0.495 e. The van der Waals surface area contributed by atoms with Crippen molar-refractivity contribution >= 4 is 11.6 Å². The molecule has 1 rings (SSSR count). The third-order valence-electron chi connectivity index (χ3n) is 2.63. The summed E-state index contributed by atoms with van der Waals surface area (Å²) in [4.78, 5) is 12.6. The fraction of sp³-hybridized carbons (Fsp3) is 0.385. The van der Waals surface area contributed by atoms with Crippen molar-refractivity contribution in [3.8, 4) is 11.8 Å². The van der Waals surface area contributed by atoms with E-state index in [0.717, 1.165) is 5.56 Å². The molecule has 0 unspecified atom stereocenters. The Morgan fingerprint density at radius 2 is 2.12 bits per heavy atom. The number of anilines is 1. The van der Waals surface area contributed by atoms with Gasteiger partial charge in [0.2, 0.25) is 0 Å².